The van der Waals surface area contributed by atoms with Gasteiger partial charge in [-0.1, -0.05) is 11.6 Å². The van der Waals surface area contributed by atoms with Crippen molar-refractivity contribution in [2.75, 3.05) is 23.8 Å². The molecule has 3 N–H and O–H groups in total. The average molecular weight is 240 g/mol. The highest BCUT2D eigenvalue weighted by Crippen LogP contribution is 2.33. The van der Waals surface area contributed by atoms with Gasteiger partial charge in [-0.25, -0.2) is 0 Å². The van der Waals surface area contributed by atoms with Crippen LogP contribution in [0.2, 0.25) is 5.02 Å². The summed E-state index contributed by atoms with van der Waals surface area (Å²) in [5, 5.41) is 3.52. The van der Waals surface area contributed by atoms with E-state index in [0.717, 1.165) is 11.4 Å². The van der Waals surface area contributed by atoms with E-state index in [4.69, 9.17) is 17.3 Å². The molecule has 0 radical (unpaired) electrons. The van der Waals surface area contributed by atoms with Crippen molar-refractivity contribution >= 4 is 28.9 Å². The number of rotatable bonds is 2. The number of amides is 1. The molecule has 4 nitrogen and oxygen atoms in total. The van der Waals surface area contributed by atoms with Gasteiger partial charge in [0.15, 0.2) is 0 Å². The molecule has 1 unspecified atom stereocenters. The number of benzene rings is 1. The standard InChI is InChI=1S/C11H14ClN3O/c1-15-9(4-5-13)11(16)14-8-3-2-7(12)6-10(8)15/h2-3,6,9H,4-5,13H2,1H3,(H,14,16). The minimum absolute atomic E-state index is 0.0113. The molecule has 0 aromatic heterocycles. The van der Waals surface area contributed by atoms with Crippen LogP contribution >= 0.6 is 11.6 Å². The number of hydrogen-bond donors (Lipinski definition) is 2. The third-order valence-corrected chi connectivity index (χ3v) is 3.04. The highest BCUT2D eigenvalue weighted by molar-refractivity contribution is 6.31. The molecule has 86 valence electrons. The SMILES string of the molecule is CN1c2cc(Cl)ccc2NC(=O)C1CCN. The van der Waals surface area contributed by atoms with Gasteiger partial charge in [0.05, 0.1) is 11.4 Å². The van der Waals surface area contributed by atoms with Gasteiger partial charge in [-0.05, 0) is 31.2 Å². The highest BCUT2D eigenvalue weighted by Gasteiger charge is 2.29. The summed E-state index contributed by atoms with van der Waals surface area (Å²) in [4.78, 5) is 13.7. The van der Waals surface area contributed by atoms with Crippen molar-refractivity contribution in [3.63, 3.8) is 0 Å². The molecule has 1 atom stereocenters. The largest absolute Gasteiger partial charge is 0.361 e. The van der Waals surface area contributed by atoms with E-state index < -0.39 is 0 Å². The summed E-state index contributed by atoms with van der Waals surface area (Å²) in [6.45, 7) is 0.484. The van der Waals surface area contributed by atoms with Crippen molar-refractivity contribution in [3.05, 3.63) is 23.2 Å². The number of carbonyl (C=O) groups excluding carboxylic acids is 1. The Hall–Kier alpha value is -1.26. The Bertz CT molecular complexity index is 422. The lowest BCUT2D eigenvalue weighted by Gasteiger charge is -2.35. The summed E-state index contributed by atoms with van der Waals surface area (Å²) < 4.78 is 0. The van der Waals surface area contributed by atoms with Crippen LogP contribution < -0.4 is 16.0 Å². The summed E-state index contributed by atoms with van der Waals surface area (Å²) >= 11 is 5.94. The van der Waals surface area contributed by atoms with Crippen LogP contribution in [0.15, 0.2) is 18.2 Å². The first-order valence-corrected chi connectivity index (χ1v) is 5.54. The Morgan fingerprint density at radius 2 is 2.31 bits per heavy atom. The van der Waals surface area contributed by atoms with Gasteiger partial charge in [0, 0.05) is 12.1 Å². The maximum atomic E-state index is 11.8. The first-order valence-electron chi connectivity index (χ1n) is 5.17. The number of likely N-dealkylation sites (N-methyl/N-ethyl adjacent to an activating group) is 1. The molecule has 0 bridgehead atoms. The second-order valence-electron chi connectivity index (χ2n) is 3.85. The van der Waals surface area contributed by atoms with Gasteiger partial charge >= 0.3 is 0 Å². The van der Waals surface area contributed by atoms with Crippen LogP contribution in [0.3, 0.4) is 0 Å². The summed E-state index contributed by atoms with van der Waals surface area (Å²) in [6, 6.07) is 5.21. The number of nitrogens with zero attached hydrogens (tertiary/aromatic N) is 1. The van der Waals surface area contributed by atoms with Crippen molar-refractivity contribution in [1.82, 2.24) is 0 Å². The lowest BCUT2D eigenvalue weighted by atomic mass is 10.1. The van der Waals surface area contributed by atoms with Gasteiger partial charge in [0.25, 0.3) is 0 Å². The smallest absolute Gasteiger partial charge is 0.247 e. The summed E-state index contributed by atoms with van der Waals surface area (Å²) in [6.07, 6.45) is 0.633. The third-order valence-electron chi connectivity index (χ3n) is 2.81. The van der Waals surface area contributed by atoms with Crippen molar-refractivity contribution in [2.45, 2.75) is 12.5 Å². The zero-order chi connectivity index (χ0) is 11.7. The van der Waals surface area contributed by atoms with Crippen molar-refractivity contribution in [3.8, 4) is 0 Å². The molecular formula is C11H14ClN3O. The minimum atomic E-state index is -0.212. The lowest BCUT2D eigenvalue weighted by Crippen LogP contribution is -2.46. The Labute approximate surface area is 99.4 Å². The monoisotopic (exact) mass is 239 g/mol. The first kappa shape index (κ1) is 11.2. The van der Waals surface area contributed by atoms with E-state index in [1.165, 1.54) is 0 Å². The summed E-state index contributed by atoms with van der Waals surface area (Å²) in [5.74, 6) is -0.0113. The molecule has 1 aliphatic rings. The fourth-order valence-corrected chi connectivity index (χ4v) is 2.11. The van der Waals surface area contributed by atoms with Crippen LogP contribution in [0.4, 0.5) is 11.4 Å². The molecule has 0 spiro atoms. The Balaban J connectivity index is 2.38. The van der Waals surface area contributed by atoms with Crippen LogP contribution in [-0.4, -0.2) is 25.5 Å². The maximum Gasteiger partial charge on any atom is 0.247 e. The zero-order valence-electron chi connectivity index (χ0n) is 9.03. The molecule has 1 heterocycles. The van der Waals surface area contributed by atoms with E-state index in [9.17, 15) is 4.79 Å². The molecule has 0 saturated carbocycles. The van der Waals surface area contributed by atoms with Gasteiger partial charge in [-0.15, -0.1) is 0 Å². The molecule has 0 saturated heterocycles. The highest BCUT2D eigenvalue weighted by atomic mass is 35.5. The predicted octanol–water partition coefficient (Wildman–Crippen LogP) is 1.45. The normalized spacial score (nSPS) is 19.3. The molecular weight excluding hydrogens is 226 g/mol. The zero-order valence-corrected chi connectivity index (χ0v) is 9.79. The van der Waals surface area contributed by atoms with Gasteiger partial charge in [0.1, 0.15) is 6.04 Å². The van der Waals surface area contributed by atoms with Gasteiger partial charge < -0.3 is 16.0 Å². The number of nitrogens with one attached hydrogen (secondary N) is 1. The van der Waals surface area contributed by atoms with E-state index in [1.807, 2.05) is 24.1 Å². The van der Waals surface area contributed by atoms with Crippen LogP contribution in [-0.2, 0) is 4.79 Å². The average Bonchev–Trinajstić information content (AvgIpc) is 2.26. The quantitative estimate of drug-likeness (QED) is 0.821. The number of anilines is 2. The molecule has 1 aliphatic heterocycles. The maximum absolute atomic E-state index is 11.8. The molecule has 5 heteroatoms. The molecule has 2 rings (SSSR count). The van der Waals surface area contributed by atoms with Gasteiger partial charge in [0.2, 0.25) is 5.91 Å². The minimum Gasteiger partial charge on any atom is -0.361 e. The van der Waals surface area contributed by atoms with Gasteiger partial charge in [-0.3, -0.25) is 4.79 Å². The fraction of sp³-hybridized carbons (Fsp3) is 0.364. The Kier molecular flexibility index (Phi) is 3.03. The Morgan fingerprint density at radius 1 is 1.56 bits per heavy atom. The number of halogens is 1. The number of hydrogen-bond acceptors (Lipinski definition) is 3. The second-order valence-corrected chi connectivity index (χ2v) is 4.29. The van der Waals surface area contributed by atoms with E-state index in [2.05, 4.69) is 5.32 Å². The van der Waals surface area contributed by atoms with Gasteiger partial charge in [-0.2, -0.15) is 0 Å². The molecule has 0 aliphatic carbocycles. The van der Waals surface area contributed by atoms with Crippen LogP contribution in [0.1, 0.15) is 6.42 Å². The molecule has 0 fully saturated rings. The van der Waals surface area contributed by atoms with Crippen LogP contribution in [0, 0.1) is 0 Å². The van der Waals surface area contributed by atoms with Crippen molar-refractivity contribution < 1.29 is 4.79 Å². The fourth-order valence-electron chi connectivity index (χ4n) is 1.94. The first-order chi connectivity index (χ1) is 7.63. The number of carbonyl (C=O) groups is 1. The number of nitrogens with two attached hydrogens (primary N) is 1. The number of fused-ring (bicyclic) bond motifs is 1. The topological polar surface area (TPSA) is 58.4 Å². The van der Waals surface area contributed by atoms with E-state index >= 15 is 0 Å². The van der Waals surface area contributed by atoms with Crippen molar-refractivity contribution in [1.29, 1.82) is 0 Å². The Morgan fingerprint density at radius 3 is 3.00 bits per heavy atom. The predicted molar refractivity (Wildman–Crippen MR) is 65.9 cm³/mol. The van der Waals surface area contributed by atoms with E-state index in [-0.39, 0.29) is 11.9 Å². The van der Waals surface area contributed by atoms with Crippen LogP contribution in [0.25, 0.3) is 0 Å². The molecule has 16 heavy (non-hydrogen) atoms. The summed E-state index contributed by atoms with van der Waals surface area (Å²) in [7, 11) is 1.88. The molecule has 1 aromatic carbocycles. The lowest BCUT2D eigenvalue weighted by molar-refractivity contribution is -0.117. The third kappa shape index (κ3) is 1.86. The summed E-state index contributed by atoms with van der Waals surface area (Å²) in [5.41, 5.74) is 7.23. The van der Waals surface area contributed by atoms with E-state index in [1.54, 1.807) is 6.07 Å². The molecule has 1 amide bonds. The molecule has 1 aromatic rings. The van der Waals surface area contributed by atoms with Crippen LogP contribution in [0.5, 0.6) is 0 Å². The van der Waals surface area contributed by atoms with Crippen molar-refractivity contribution in [2.24, 2.45) is 5.73 Å². The van der Waals surface area contributed by atoms with E-state index in [0.29, 0.717) is 18.0 Å². The second kappa shape index (κ2) is 4.31.